The molecule has 0 saturated carbocycles. The average molecular weight is 242 g/mol. The molecule has 1 unspecified atom stereocenters. The fraction of sp³-hybridized carbons (Fsp3) is 0.250. The third-order valence-corrected chi connectivity index (χ3v) is 3.75. The zero-order valence-corrected chi connectivity index (χ0v) is 10.0. The Labute approximate surface area is 106 Å². The molecule has 0 aliphatic heterocycles. The number of benzene rings is 2. The Bertz CT molecular complexity index is 540. The van der Waals surface area contributed by atoms with Crippen LogP contribution in [0.15, 0.2) is 48.5 Å². The highest BCUT2D eigenvalue weighted by Crippen LogP contribution is 2.35. The molecule has 0 radical (unpaired) electrons. The topological polar surface area (TPSA) is 20.2 Å². The quantitative estimate of drug-likeness (QED) is 0.857. The lowest BCUT2D eigenvalue weighted by molar-refractivity contribution is 0.109. The molecule has 1 aliphatic carbocycles. The molecule has 18 heavy (non-hydrogen) atoms. The number of fused-ring (bicyclic) bond motifs is 1. The van der Waals surface area contributed by atoms with Crippen LogP contribution in [0.2, 0.25) is 0 Å². The van der Waals surface area contributed by atoms with Crippen LogP contribution < -0.4 is 0 Å². The molecule has 1 N–H and O–H groups in total. The first kappa shape index (κ1) is 11.4. The summed E-state index contributed by atoms with van der Waals surface area (Å²) in [6.45, 7) is 0. The van der Waals surface area contributed by atoms with Crippen molar-refractivity contribution in [1.82, 2.24) is 0 Å². The Morgan fingerprint density at radius 1 is 0.944 bits per heavy atom. The minimum absolute atomic E-state index is 0.0827. The molecule has 1 nitrogen and oxygen atoms in total. The van der Waals surface area contributed by atoms with E-state index in [-0.39, 0.29) is 11.7 Å². The Morgan fingerprint density at radius 3 is 2.11 bits per heavy atom. The van der Waals surface area contributed by atoms with Crippen molar-refractivity contribution in [2.45, 2.75) is 18.9 Å². The van der Waals surface area contributed by atoms with Crippen LogP contribution in [0.25, 0.3) is 0 Å². The highest BCUT2D eigenvalue weighted by molar-refractivity contribution is 5.34. The lowest BCUT2D eigenvalue weighted by Crippen LogP contribution is -2.14. The third-order valence-electron chi connectivity index (χ3n) is 3.75. The normalized spacial score (nSPS) is 16.6. The van der Waals surface area contributed by atoms with Gasteiger partial charge in [-0.05, 0) is 36.0 Å². The minimum atomic E-state index is -0.724. The molecular formula is C16H15FO. The second-order valence-electron chi connectivity index (χ2n) is 4.90. The van der Waals surface area contributed by atoms with Crippen LogP contribution in [0.4, 0.5) is 4.39 Å². The maximum absolute atomic E-state index is 13.7. The molecule has 1 atom stereocenters. The first-order valence-corrected chi connectivity index (χ1v) is 6.25. The van der Waals surface area contributed by atoms with Crippen molar-refractivity contribution in [1.29, 1.82) is 0 Å². The molecule has 2 aromatic carbocycles. The number of hydrogen-bond acceptors (Lipinski definition) is 1. The van der Waals surface area contributed by atoms with Crippen LogP contribution in [-0.4, -0.2) is 5.11 Å². The number of hydrogen-bond donors (Lipinski definition) is 1. The highest BCUT2D eigenvalue weighted by atomic mass is 19.1. The van der Waals surface area contributed by atoms with Crippen molar-refractivity contribution in [2.24, 2.45) is 5.92 Å². The highest BCUT2D eigenvalue weighted by Gasteiger charge is 2.29. The van der Waals surface area contributed by atoms with Crippen LogP contribution in [0.5, 0.6) is 0 Å². The van der Waals surface area contributed by atoms with E-state index < -0.39 is 6.10 Å². The van der Waals surface area contributed by atoms with E-state index in [0.717, 1.165) is 12.8 Å². The first-order chi connectivity index (χ1) is 8.75. The van der Waals surface area contributed by atoms with E-state index in [9.17, 15) is 9.50 Å². The molecule has 0 aromatic heterocycles. The summed E-state index contributed by atoms with van der Waals surface area (Å²) < 4.78 is 13.7. The zero-order valence-electron chi connectivity index (χ0n) is 10.0. The van der Waals surface area contributed by atoms with Crippen molar-refractivity contribution >= 4 is 0 Å². The summed E-state index contributed by atoms with van der Waals surface area (Å²) in [6, 6.07) is 14.7. The number of rotatable bonds is 2. The summed E-state index contributed by atoms with van der Waals surface area (Å²) in [5, 5.41) is 10.3. The Morgan fingerprint density at radius 2 is 1.50 bits per heavy atom. The predicted octanol–water partition coefficient (Wildman–Crippen LogP) is 3.27. The van der Waals surface area contributed by atoms with Crippen molar-refractivity contribution in [3.8, 4) is 0 Å². The molecule has 0 fully saturated rings. The average Bonchev–Trinajstić information content (AvgIpc) is 2.82. The SMILES string of the molecule is OC(c1ccccc1F)C1Cc2ccccc2C1. The molecule has 0 saturated heterocycles. The summed E-state index contributed by atoms with van der Waals surface area (Å²) in [5.41, 5.74) is 2.96. The van der Waals surface area contributed by atoms with Crippen LogP contribution in [-0.2, 0) is 12.8 Å². The zero-order chi connectivity index (χ0) is 12.5. The standard InChI is InChI=1S/C16H15FO/c17-15-8-4-3-7-14(15)16(18)13-9-11-5-1-2-6-12(11)10-13/h1-8,13,16,18H,9-10H2. The molecule has 3 rings (SSSR count). The van der Waals surface area contributed by atoms with Gasteiger partial charge in [-0.15, -0.1) is 0 Å². The molecule has 2 heteroatoms. The van der Waals surface area contributed by atoms with Crippen LogP contribution in [0, 0.1) is 11.7 Å². The molecule has 92 valence electrons. The van der Waals surface area contributed by atoms with Crippen molar-refractivity contribution in [3.05, 3.63) is 71.0 Å². The minimum Gasteiger partial charge on any atom is -0.388 e. The molecule has 0 amide bonds. The second kappa shape index (κ2) is 4.54. The van der Waals surface area contributed by atoms with Crippen molar-refractivity contribution < 1.29 is 9.50 Å². The summed E-state index contributed by atoms with van der Waals surface area (Å²) in [5.74, 6) is -0.236. The molecule has 0 bridgehead atoms. The van der Waals surface area contributed by atoms with E-state index in [1.54, 1.807) is 18.2 Å². The maximum Gasteiger partial charge on any atom is 0.129 e. The second-order valence-corrected chi connectivity index (χ2v) is 4.90. The third kappa shape index (κ3) is 1.93. The monoisotopic (exact) mass is 242 g/mol. The molecule has 0 heterocycles. The van der Waals surface area contributed by atoms with Gasteiger partial charge in [0.1, 0.15) is 5.82 Å². The van der Waals surface area contributed by atoms with Gasteiger partial charge < -0.3 is 5.11 Å². The summed E-state index contributed by atoms with van der Waals surface area (Å²) >= 11 is 0. The van der Waals surface area contributed by atoms with Crippen molar-refractivity contribution in [2.75, 3.05) is 0 Å². The predicted molar refractivity (Wildman–Crippen MR) is 68.7 cm³/mol. The van der Waals surface area contributed by atoms with E-state index in [2.05, 4.69) is 12.1 Å². The van der Waals surface area contributed by atoms with Gasteiger partial charge in [0.2, 0.25) is 0 Å². The Hall–Kier alpha value is -1.67. The van der Waals surface area contributed by atoms with E-state index in [1.165, 1.54) is 17.2 Å². The maximum atomic E-state index is 13.7. The van der Waals surface area contributed by atoms with Crippen LogP contribution >= 0.6 is 0 Å². The number of aliphatic hydroxyl groups is 1. The van der Waals surface area contributed by atoms with E-state index in [1.807, 2.05) is 12.1 Å². The van der Waals surface area contributed by atoms with Gasteiger partial charge in [0.25, 0.3) is 0 Å². The molecule has 1 aliphatic rings. The van der Waals surface area contributed by atoms with Crippen molar-refractivity contribution in [3.63, 3.8) is 0 Å². The van der Waals surface area contributed by atoms with Gasteiger partial charge in [-0.3, -0.25) is 0 Å². The van der Waals surface area contributed by atoms with Crippen LogP contribution in [0.3, 0.4) is 0 Å². The van der Waals surface area contributed by atoms with E-state index in [0.29, 0.717) is 5.56 Å². The van der Waals surface area contributed by atoms with E-state index in [4.69, 9.17) is 0 Å². The fourth-order valence-corrected chi connectivity index (χ4v) is 2.79. The van der Waals surface area contributed by atoms with Gasteiger partial charge in [-0.1, -0.05) is 42.5 Å². The number of halogens is 1. The lowest BCUT2D eigenvalue weighted by Gasteiger charge is -2.18. The largest absolute Gasteiger partial charge is 0.388 e. The van der Waals surface area contributed by atoms with Gasteiger partial charge in [0.15, 0.2) is 0 Å². The smallest absolute Gasteiger partial charge is 0.129 e. The van der Waals surface area contributed by atoms with Gasteiger partial charge in [0.05, 0.1) is 6.10 Å². The van der Waals surface area contributed by atoms with Crippen LogP contribution in [0.1, 0.15) is 22.8 Å². The fourth-order valence-electron chi connectivity index (χ4n) is 2.79. The van der Waals surface area contributed by atoms with Gasteiger partial charge in [-0.25, -0.2) is 4.39 Å². The van der Waals surface area contributed by atoms with Gasteiger partial charge >= 0.3 is 0 Å². The Balaban J connectivity index is 1.85. The van der Waals surface area contributed by atoms with Gasteiger partial charge in [0, 0.05) is 5.56 Å². The first-order valence-electron chi connectivity index (χ1n) is 6.25. The summed E-state index contributed by atoms with van der Waals surface area (Å²) in [4.78, 5) is 0. The summed E-state index contributed by atoms with van der Waals surface area (Å²) in [6.07, 6.45) is 0.927. The molecule has 0 spiro atoms. The number of aliphatic hydroxyl groups excluding tert-OH is 1. The molecular weight excluding hydrogens is 227 g/mol. The molecule has 2 aromatic rings. The van der Waals surface area contributed by atoms with E-state index >= 15 is 0 Å². The lowest BCUT2D eigenvalue weighted by atomic mass is 9.93. The van der Waals surface area contributed by atoms with Gasteiger partial charge in [-0.2, -0.15) is 0 Å². The summed E-state index contributed by atoms with van der Waals surface area (Å²) in [7, 11) is 0. The Kier molecular flexibility index (Phi) is 2.88.